The molecule has 0 amide bonds. The van der Waals surface area contributed by atoms with Crippen LogP contribution in [0.4, 0.5) is 0 Å². The fourth-order valence-electron chi connectivity index (χ4n) is 9.58. The molecule has 0 saturated heterocycles. The van der Waals surface area contributed by atoms with E-state index in [2.05, 4.69) is 130 Å². The van der Waals surface area contributed by atoms with E-state index in [0.717, 1.165) is 0 Å². The highest BCUT2D eigenvalue weighted by Gasteiger charge is 1.98. The lowest BCUT2D eigenvalue weighted by atomic mass is 10.0. The number of nitrogens with zero attached hydrogens (tertiary/aromatic N) is 5. The van der Waals surface area contributed by atoms with Gasteiger partial charge in [0.05, 0.1) is 0 Å². The van der Waals surface area contributed by atoms with Gasteiger partial charge in [-0.2, -0.15) is 0 Å². The molecular formula is C70H155N5. The quantitative estimate of drug-likeness (QED) is 0.0563. The van der Waals surface area contributed by atoms with Crippen LogP contribution in [0.5, 0.6) is 0 Å². The maximum absolute atomic E-state index is 2.29. The van der Waals surface area contributed by atoms with Crippen molar-refractivity contribution in [3.05, 3.63) is 0 Å². The first-order valence-corrected chi connectivity index (χ1v) is 34.6. The maximum atomic E-state index is 2.29. The van der Waals surface area contributed by atoms with Gasteiger partial charge in [-0.3, -0.25) is 0 Å². The second-order valence-corrected chi connectivity index (χ2v) is 24.9. The molecule has 0 heterocycles. The van der Waals surface area contributed by atoms with Crippen LogP contribution in [-0.4, -0.2) is 128 Å². The molecule has 5 heteroatoms. The Morgan fingerprint density at radius 2 is 0.200 bits per heavy atom. The van der Waals surface area contributed by atoms with Gasteiger partial charge in [0.2, 0.25) is 0 Å². The van der Waals surface area contributed by atoms with Crippen LogP contribution >= 0.6 is 0 Å². The first kappa shape index (κ1) is 83.6. The number of hydrogen-bond acceptors (Lipinski definition) is 5. The van der Waals surface area contributed by atoms with Crippen molar-refractivity contribution in [2.75, 3.05) is 103 Å². The highest BCUT2D eigenvalue weighted by molar-refractivity contribution is 4.54. The molecule has 0 spiro atoms. The maximum Gasteiger partial charge on any atom is -0.00248 e. The Morgan fingerprint density at radius 3 is 0.280 bits per heavy atom. The van der Waals surface area contributed by atoms with Crippen molar-refractivity contribution in [1.82, 2.24) is 24.5 Å². The van der Waals surface area contributed by atoms with Crippen LogP contribution in [0, 0.1) is 0 Å². The number of hydrogen-bond donors (Lipinski definition) is 0. The molecule has 0 aliphatic carbocycles. The van der Waals surface area contributed by atoms with Crippen LogP contribution < -0.4 is 0 Å². The van der Waals surface area contributed by atoms with Crippen LogP contribution in [0.1, 0.15) is 356 Å². The van der Waals surface area contributed by atoms with Crippen molar-refractivity contribution in [3.8, 4) is 0 Å². The van der Waals surface area contributed by atoms with Gasteiger partial charge in [-0.15, -0.1) is 0 Å². The van der Waals surface area contributed by atoms with E-state index in [0.29, 0.717) is 0 Å². The zero-order valence-corrected chi connectivity index (χ0v) is 56.1. The Labute approximate surface area is 481 Å². The summed E-state index contributed by atoms with van der Waals surface area (Å²) in [5, 5.41) is 0. The minimum Gasteiger partial charge on any atom is -0.309 e. The molecule has 75 heavy (non-hydrogen) atoms. The molecule has 0 N–H and O–H groups in total. The lowest BCUT2D eigenvalue weighted by Crippen LogP contribution is -2.12. The molecule has 5 nitrogen and oxygen atoms in total. The van der Waals surface area contributed by atoms with Gasteiger partial charge < -0.3 is 24.5 Å². The molecule has 0 fully saturated rings. The summed E-state index contributed by atoms with van der Waals surface area (Å²) >= 11 is 0. The molecule has 0 aromatic carbocycles. The van der Waals surface area contributed by atoms with Gasteiger partial charge in [0.15, 0.2) is 0 Å². The Balaban J connectivity index is -0.000000275. The normalized spacial score (nSPS) is 11.2. The molecule has 0 aliphatic heterocycles. The summed E-state index contributed by atoms with van der Waals surface area (Å²) in [5.74, 6) is 0. The van der Waals surface area contributed by atoms with Gasteiger partial charge in [0.25, 0.3) is 0 Å². The van der Waals surface area contributed by atoms with E-state index in [4.69, 9.17) is 0 Å². The minimum atomic E-state index is 1.26. The van der Waals surface area contributed by atoms with Crippen LogP contribution in [0.2, 0.25) is 0 Å². The van der Waals surface area contributed by atoms with Crippen molar-refractivity contribution in [3.63, 3.8) is 0 Å². The third kappa shape index (κ3) is 106. The zero-order valence-electron chi connectivity index (χ0n) is 56.1. The molecule has 0 rings (SSSR count). The molecule has 0 aromatic rings. The Kier molecular flexibility index (Phi) is 89.5. The second kappa shape index (κ2) is 80.3. The van der Waals surface area contributed by atoms with Crippen molar-refractivity contribution < 1.29 is 0 Å². The van der Waals surface area contributed by atoms with Crippen LogP contribution in [-0.2, 0) is 0 Å². The molecule has 0 aliphatic rings. The second-order valence-electron chi connectivity index (χ2n) is 24.9. The van der Waals surface area contributed by atoms with Crippen molar-refractivity contribution in [2.24, 2.45) is 0 Å². The van der Waals surface area contributed by atoms with E-state index >= 15 is 0 Å². The van der Waals surface area contributed by atoms with Gasteiger partial charge in [-0.1, -0.05) is 324 Å². The average molecular weight is 1070 g/mol. The highest BCUT2D eigenvalue weighted by Crippen LogP contribution is 2.15. The fourth-order valence-corrected chi connectivity index (χ4v) is 9.58. The smallest absolute Gasteiger partial charge is 0.00248 e. The van der Waals surface area contributed by atoms with Crippen LogP contribution in [0.25, 0.3) is 0 Å². The van der Waals surface area contributed by atoms with Crippen molar-refractivity contribution in [1.29, 1.82) is 0 Å². The lowest BCUT2D eigenvalue weighted by Gasteiger charge is -2.08. The van der Waals surface area contributed by atoms with Gasteiger partial charge in [-0.25, -0.2) is 0 Å². The summed E-state index contributed by atoms with van der Waals surface area (Å²) < 4.78 is 0. The summed E-state index contributed by atoms with van der Waals surface area (Å²) in [6.07, 6.45) is 71.8. The summed E-state index contributed by atoms with van der Waals surface area (Å²) in [6, 6.07) is 0. The predicted molar refractivity (Wildman–Crippen MR) is 352 cm³/mol. The summed E-state index contributed by atoms with van der Waals surface area (Å²) in [5.41, 5.74) is 0. The molecule has 0 radical (unpaired) electrons. The van der Waals surface area contributed by atoms with E-state index in [-0.39, 0.29) is 0 Å². The minimum absolute atomic E-state index is 1.26. The largest absolute Gasteiger partial charge is 0.309 e. The number of rotatable bonds is 55. The molecule has 0 saturated carbocycles. The summed E-state index contributed by atoms with van der Waals surface area (Å²) in [4.78, 5) is 11.4. The Morgan fingerprint density at radius 1 is 0.120 bits per heavy atom. The SMILES string of the molecule is CCCCCCCCCCCCCCCCN(C)C.CCCCCCCCCCCCCCN(C)C.CCCCCCCCCCCCN(C)C.CCCCCCCCCCN(C)C.CCCCCCCCN(C)C. The van der Waals surface area contributed by atoms with E-state index in [1.165, 1.54) is 354 Å². The predicted octanol–water partition coefficient (Wildman–Crippen LogP) is 22.3. The zero-order chi connectivity index (χ0) is 56.8. The third-order valence-electron chi connectivity index (χ3n) is 14.8. The van der Waals surface area contributed by atoms with E-state index < -0.39 is 0 Å². The molecule has 460 valence electrons. The number of unbranched alkanes of at least 4 members (excludes halogenated alkanes) is 45. The van der Waals surface area contributed by atoms with Crippen molar-refractivity contribution >= 4 is 0 Å². The Bertz CT molecular complexity index is 875. The van der Waals surface area contributed by atoms with Gasteiger partial charge in [0.1, 0.15) is 0 Å². The summed E-state index contributed by atoms with van der Waals surface area (Å²) in [7, 11) is 21.6. The monoisotopic (exact) mass is 1070 g/mol. The first-order chi connectivity index (χ1) is 36.4. The average Bonchev–Trinajstić information content (AvgIpc) is 3.37. The third-order valence-corrected chi connectivity index (χ3v) is 14.8. The van der Waals surface area contributed by atoms with E-state index in [1.54, 1.807) is 0 Å². The topological polar surface area (TPSA) is 16.2 Å². The van der Waals surface area contributed by atoms with Gasteiger partial charge in [0, 0.05) is 0 Å². The fraction of sp³-hybridized carbons (Fsp3) is 1.00. The lowest BCUT2D eigenvalue weighted by molar-refractivity contribution is 0.389. The van der Waals surface area contributed by atoms with E-state index in [9.17, 15) is 0 Å². The first-order valence-electron chi connectivity index (χ1n) is 34.6. The molecule has 0 bridgehead atoms. The highest BCUT2D eigenvalue weighted by atomic mass is 15.1. The Hall–Kier alpha value is -0.200. The summed E-state index contributed by atoms with van der Waals surface area (Å²) in [6.45, 7) is 17.7. The van der Waals surface area contributed by atoms with Crippen molar-refractivity contribution in [2.45, 2.75) is 356 Å². The van der Waals surface area contributed by atoms with Crippen LogP contribution in [0.15, 0.2) is 0 Å². The standard InChI is InChI=1S/C18H39N.C16H35N.C14H31N.C12H27N.C10H23N/c1-4-5-6-7-8-9-10-11-12-13-14-15-16-17-18-19(2)3;1-4-5-6-7-8-9-10-11-12-13-14-15-16-17(2)3;1-4-5-6-7-8-9-10-11-12-13-14-15(2)3;1-4-5-6-7-8-9-10-11-12-13(2)3;1-4-5-6-7-8-9-10-11(2)3/h4-18H2,1-3H3;4-16H2,1-3H3;4-14H2,1-3H3;4-12H2,1-3H3;4-10H2,1-3H3. The molecule has 0 aromatic heterocycles. The molecule has 0 unspecified atom stereocenters. The molecular weight excluding hydrogens is 911 g/mol. The van der Waals surface area contributed by atoms with Gasteiger partial charge in [-0.05, 0) is 135 Å². The van der Waals surface area contributed by atoms with Crippen LogP contribution in [0.3, 0.4) is 0 Å². The molecule has 0 atom stereocenters. The van der Waals surface area contributed by atoms with E-state index in [1.807, 2.05) is 0 Å². The van der Waals surface area contributed by atoms with Gasteiger partial charge >= 0.3 is 0 Å².